The van der Waals surface area contributed by atoms with Crippen LogP contribution in [0.1, 0.15) is 47.3 Å². The first-order valence-corrected chi connectivity index (χ1v) is 8.78. The molecule has 4 nitrogen and oxygen atoms in total. The van der Waals surface area contributed by atoms with E-state index in [2.05, 4.69) is 6.58 Å². The van der Waals surface area contributed by atoms with Crippen LogP contribution in [0.25, 0.3) is 11.6 Å². The molecule has 0 unspecified atom stereocenters. The summed E-state index contributed by atoms with van der Waals surface area (Å²) >= 11 is 0. The SMILES string of the molecule is C=C(C)CCc1c(OC)cc(/C=C(\C)c2ccccc2)c(C(=O)OC)c1O. The summed E-state index contributed by atoms with van der Waals surface area (Å²) in [5, 5.41) is 10.8. The fourth-order valence-corrected chi connectivity index (χ4v) is 2.91. The number of carbonyl (C=O) groups excluding carboxylic acids is 1. The summed E-state index contributed by atoms with van der Waals surface area (Å²) in [6.45, 7) is 7.77. The zero-order valence-corrected chi connectivity index (χ0v) is 16.3. The monoisotopic (exact) mass is 366 g/mol. The van der Waals surface area contributed by atoms with E-state index in [4.69, 9.17) is 9.47 Å². The van der Waals surface area contributed by atoms with Crippen molar-refractivity contribution in [3.8, 4) is 11.5 Å². The second kappa shape index (κ2) is 9.08. The minimum atomic E-state index is -0.584. The van der Waals surface area contributed by atoms with Crippen LogP contribution in [0.3, 0.4) is 0 Å². The number of phenolic OH excluding ortho intramolecular Hbond substituents is 1. The summed E-state index contributed by atoms with van der Waals surface area (Å²) < 4.78 is 10.4. The van der Waals surface area contributed by atoms with Crippen molar-refractivity contribution in [3.63, 3.8) is 0 Å². The second-order valence-electron chi connectivity index (χ2n) is 6.51. The van der Waals surface area contributed by atoms with Crippen molar-refractivity contribution < 1.29 is 19.4 Å². The van der Waals surface area contributed by atoms with Gasteiger partial charge < -0.3 is 14.6 Å². The Balaban J connectivity index is 2.64. The van der Waals surface area contributed by atoms with Gasteiger partial charge in [0.2, 0.25) is 0 Å². The first-order chi connectivity index (χ1) is 12.9. The van der Waals surface area contributed by atoms with Crippen LogP contribution in [0.15, 0.2) is 48.6 Å². The summed E-state index contributed by atoms with van der Waals surface area (Å²) in [4.78, 5) is 12.4. The molecule has 0 aliphatic heterocycles. The van der Waals surface area contributed by atoms with Crippen LogP contribution < -0.4 is 4.74 Å². The summed E-state index contributed by atoms with van der Waals surface area (Å²) in [7, 11) is 2.85. The van der Waals surface area contributed by atoms with E-state index in [9.17, 15) is 9.90 Å². The van der Waals surface area contributed by atoms with E-state index in [1.54, 1.807) is 13.2 Å². The van der Waals surface area contributed by atoms with Gasteiger partial charge in [-0.25, -0.2) is 4.79 Å². The molecule has 0 spiro atoms. The number of hydrogen-bond acceptors (Lipinski definition) is 4. The third-order valence-electron chi connectivity index (χ3n) is 4.41. The van der Waals surface area contributed by atoms with Crippen LogP contribution in [-0.4, -0.2) is 25.3 Å². The minimum Gasteiger partial charge on any atom is -0.507 e. The maximum Gasteiger partial charge on any atom is 0.342 e. The highest BCUT2D eigenvalue weighted by atomic mass is 16.5. The fraction of sp³-hybridized carbons (Fsp3) is 0.261. The van der Waals surface area contributed by atoms with Crippen molar-refractivity contribution in [2.45, 2.75) is 26.7 Å². The number of aromatic hydroxyl groups is 1. The number of allylic oxidation sites excluding steroid dienone is 2. The lowest BCUT2D eigenvalue weighted by Crippen LogP contribution is -2.08. The Kier molecular flexibility index (Phi) is 6.83. The highest BCUT2D eigenvalue weighted by Gasteiger charge is 2.23. The van der Waals surface area contributed by atoms with Crippen molar-refractivity contribution in [1.29, 1.82) is 0 Å². The highest BCUT2D eigenvalue weighted by Crippen LogP contribution is 2.37. The van der Waals surface area contributed by atoms with Gasteiger partial charge in [0.25, 0.3) is 0 Å². The van der Waals surface area contributed by atoms with Crippen molar-refractivity contribution in [2.75, 3.05) is 14.2 Å². The molecule has 0 radical (unpaired) electrons. The Hall–Kier alpha value is -3.01. The number of phenols is 1. The summed E-state index contributed by atoms with van der Waals surface area (Å²) in [5.41, 5.74) is 4.24. The number of rotatable bonds is 7. The fourth-order valence-electron chi connectivity index (χ4n) is 2.91. The Labute approximate surface area is 160 Å². The average Bonchev–Trinajstić information content (AvgIpc) is 2.66. The maximum atomic E-state index is 12.4. The predicted molar refractivity (Wildman–Crippen MR) is 109 cm³/mol. The van der Waals surface area contributed by atoms with Crippen LogP contribution in [0, 0.1) is 0 Å². The van der Waals surface area contributed by atoms with Crippen molar-refractivity contribution in [1.82, 2.24) is 0 Å². The van der Waals surface area contributed by atoms with Gasteiger partial charge in [0.15, 0.2) is 0 Å². The summed E-state index contributed by atoms with van der Waals surface area (Å²) in [5.74, 6) is -0.151. The molecule has 2 aromatic carbocycles. The Morgan fingerprint density at radius 2 is 1.85 bits per heavy atom. The maximum absolute atomic E-state index is 12.4. The molecule has 0 saturated heterocycles. The molecule has 0 aliphatic rings. The number of carbonyl (C=O) groups is 1. The standard InChI is InChI=1S/C23H26O4/c1-15(2)11-12-19-20(26-4)14-18(21(22(19)24)23(25)27-5)13-16(3)17-9-7-6-8-10-17/h6-10,13-14,24H,1,11-12H2,2-5H3/b16-13+. The molecular weight excluding hydrogens is 340 g/mol. The summed E-state index contributed by atoms with van der Waals surface area (Å²) in [6.07, 6.45) is 3.06. The molecule has 2 aromatic rings. The molecular formula is C23H26O4. The van der Waals surface area contributed by atoms with Gasteiger partial charge in [0.05, 0.1) is 14.2 Å². The van der Waals surface area contributed by atoms with Gasteiger partial charge in [0, 0.05) is 5.56 Å². The van der Waals surface area contributed by atoms with Gasteiger partial charge in [0.1, 0.15) is 17.1 Å². The lowest BCUT2D eigenvalue weighted by Gasteiger charge is -2.16. The van der Waals surface area contributed by atoms with Gasteiger partial charge in [-0.05, 0) is 49.5 Å². The van der Waals surface area contributed by atoms with Gasteiger partial charge in [-0.1, -0.05) is 42.0 Å². The van der Waals surface area contributed by atoms with Crippen LogP contribution >= 0.6 is 0 Å². The minimum absolute atomic E-state index is 0.102. The molecule has 0 fully saturated rings. The van der Waals surface area contributed by atoms with E-state index in [1.165, 1.54) is 7.11 Å². The molecule has 0 aromatic heterocycles. The second-order valence-corrected chi connectivity index (χ2v) is 6.51. The zero-order valence-electron chi connectivity index (χ0n) is 16.3. The molecule has 0 aliphatic carbocycles. The molecule has 1 N–H and O–H groups in total. The molecule has 4 heteroatoms. The first-order valence-electron chi connectivity index (χ1n) is 8.78. The molecule has 27 heavy (non-hydrogen) atoms. The molecule has 0 bridgehead atoms. The van der Waals surface area contributed by atoms with E-state index < -0.39 is 5.97 Å². The van der Waals surface area contributed by atoms with E-state index >= 15 is 0 Å². The largest absolute Gasteiger partial charge is 0.507 e. The molecule has 0 heterocycles. The Morgan fingerprint density at radius 3 is 2.41 bits per heavy atom. The van der Waals surface area contributed by atoms with Gasteiger partial charge in [-0.2, -0.15) is 0 Å². The average molecular weight is 366 g/mol. The van der Waals surface area contributed by atoms with Crippen LogP contribution in [0.4, 0.5) is 0 Å². The van der Waals surface area contributed by atoms with E-state index in [-0.39, 0.29) is 11.3 Å². The van der Waals surface area contributed by atoms with Crippen molar-refractivity contribution >= 4 is 17.6 Å². The lowest BCUT2D eigenvalue weighted by atomic mass is 9.94. The first kappa shape index (κ1) is 20.3. The molecule has 2 rings (SSSR count). The molecule has 0 saturated carbocycles. The zero-order chi connectivity index (χ0) is 20.0. The number of benzene rings is 2. The third kappa shape index (κ3) is 4.79. The third-order valence-corrected chi connectivity index (χ3v) is 4.41. The molecule has 142 valence electrons. The van der Waals surface area contributed by atoms with Crippen molar-refractivity contribution in [3.05, 3.63) is 70.8 Å². The van der Waals surface area contributed by atoms with E-state index in [0.717, 1.165) is 16.7 Å². The van der Waals surface area contributed by atoms with Gasteiger partial charge in [-0.15, -0.1) is 6.58 Å². The van der Waals surface area contributed by atoms with Crippen molar-refractivity contribution in [2.24, 2.45) is 0 Å². The lowest BCUT2D eigenvalue weighted by molar-refractivity contribution is 0.0597. The summed E-state index contributed by atoms with van der Waals surface area (Å²) in [6, 6.07) is 11.6. The van der Waals surface area contributed by atoms with Crippen LogP contribution in [0.5, 0.6) is 11.5 Å². The van der Waals surface area contributed by atoms with Crippen LogP contribution in [-0.2, 0) is 11.2 Å². The van der Waals surface area contributed by atoms with Gasteiger partial charge >= 0.3 is 5.97 Å². The van der Waals surface area contributed by atoms with E-state index in [1.807, 2.05) is 50.3 Å². The number of esters is 1. The Bertz CT molecular complexity index is 864. The number of hydrogen-bond donors (Lipinski definition) is 1. The quantitative estimate of drug-likeness (QED) is 0.413. The van der Waals surface area contributed by atoms with Gasteiger partial charge in [-0.3, -0.25) is 0 Å². The highest BCUT2D eigenvalue weighted by molar-refractivity contribution is 5.99. The molecule has 0 amide bonds. The smallest absolute Gasteiger partial charge is 0.342 e. The van der Waals surface area contributed by atoms with E-state index in [0.29, 0.717) is 29.7 Å². The number of ether oxygens (including phenoxy) is 2. The van der Waals surface area contributed by atoms with Crippen LogP contribution in [0.2, 0.25) is 0 Å². The Morgan fingerprint density at radius 1 is 1.19 bits per heavy atom. The predicted octanol–water partition coefficient (Wildman–Crippen LogP) is 5.26. The number of methoxy groups -OCH3 is 2. The molecule has 0 atom stereocenters. The normalized spacial score (nSPS) is 11.2. The topological polar surface area (TPSA) is 55.8 Å².